The number of carbonyl (C=O) groups excluding carboxylic acids is 3. The quantitative estimate of drug-likeness (QED) is 0.349. The van der Waals surface area contributed by atoms with E-state index in [1.165, 1.54) is 36.2 Å². The molecule has 2 aromatic rings. The minimum atomic E-state index is -5.09. The minimum absolute atomic E-state index is 0.0177. The topological polar surface area (TPSA) is 64.2 Å². The Kier molecular flexibility index (Phi) is 8.74. The number of likely N-dealkylation sites (tertiary alicyclic amines) is 2. The average molecular weight is 603 g/mol. The van der Waals surface area contributed by atoms with Crippen LogP contribution >= 0.6 is 0 Å². The maximum Gasteiger partial charge on any atom is 0.416 e. The predicted molar refractivity (Wildman–Crippen MR) is 138 cm³/mol. The molecule has 7 nitrogen and oxygen atoms in total. The van der Waals surface area contributed by atoms with Crippen LogP contribution in [0.3, 0.4) is 0 Å². The number of carbonyl (C=O) groups is 3. The second-order valence-corrected chi connectivity index (χ2v) is 10.6. The van der Waals surface area contributed by atoms with Crippen molar-refractivity contribution >= 4 is 24.0 Å². The Hall–Kier alpha value is -3.84. The number of alkyl halides is 6. The first-order chi connectivity index (χ1) is 19.6. The van der Waals surface area contributed by atoms with Crippen LogP contribution in [0.25, 0.3) is 0 Å². The molecule has 0 saturated carbocycles. The normalized spacial score (nSPS) is 20.0. The van der Waals surface area contributed by atoms with Crippen molar-refractivity contribution in [1.29, 1.82) is 0 Å². The summed E-state index contributed by atoms with van der Waals surface area (Å²) in [6, 6.07) is 4.76. The van der Waals surface area contributed by atoms with Crippen molar-refractivity contribution in [3.8, 4) is 0 Å². The Morgan fingerprint density at radius 1 is 0.881 bits per heavy atom. The third-order valence-electron chi connectivity index (χ3n) is 7.97. The van der Waals surface area contributed by atoms with Gasteiger partial charge in [0.1, 0.15) is 5.82 Å². The van der Waals surface area contributed by atoms with Gasteiger partial charge in [-0.25, -0.2) is 9.18 Å². The summed E-state index contributed by atoms with van der Waals surface area (Å²) in [4.78, 5) is 43.0. The number of nitrogens with zero attached hydrogens (tertiary/aromatic N) is 4. The van der Waals surface area contributed by atoms with E-state index in [1.54, 1.807) is 9.80 Å². The SMILES string of the molecule is CN(C(=O)N(C)[C@@H]1CN(C(=O)C2CCN(C=O)CC2)C[C@H]1c1ccc(F)cc1)c1cc(C(F)(F)F)cc(C(F)(F)F)c1. The van der Waals surface area contributed by atoms with E-state index in [0.717, 1.165) is 13.5 Å². The number of anilines is 1. The van der Waals surface area contributed by atoms with Crippen LogP contribution in [0.2, 0.25) is 0 Å². The third kappa shape index (κ3) is 6.62. The molecule has 4 amide bonds. The summed E-state index contributed by atoms with van der Waals surface area (Å²) in [5.74, 6) is -1.56. The Morgan fingerprint density at radius 2 is 1.43 bits per heavy atom. The molecule has 0 bridgehead atoms. The van der Waals surface area contributed by atoms with Crippen molar-refractivity contribution < 1.29 is 45.1 Å². The van der Waals surface area contributed by atoms with E-state index in [-0.39, 0.29) is 31.0 Å². The second-order valence-electron chi connectivity index (χ2n) is 10.6. The van der Waals surface area contributed by atoms with E-state index in [1.807, 2.05) is 0 Å². The van der Waals surface area contributed by atoms with Crippen LogP contribution in [0, 0.1) is 11.7 Å². The first-order valence-corrected chi connectivity index (χ1v) is 13.1. The highest BCUT2D eigenvalue weighted by Gasteiger charge is 2.43. The molecule has 2 fully saturated rings. The van der Waals surface area contributed by atoms with Crippen LogP contribution in [0.4, 0.5) is 41.2 Å². The zero-order chi connectivity index (χ0) is 31.0. The van der Waals surface area contributed by atoms with Crippen molar-refractivity contribution in [2.75, 3.05) is 45.2 Å². The molecule has 2 saturated heterocycles. The summed E-state index contributed by atoms with van der Waals surface area (Å²) in [6.07, 6.45) is -8.55. The van der Waals surface area contributed by atoms with Gasteiger partial charge in [0.05, 0.1) is 17.2 Å². The second kappa shape index (κ2) is 11.8. The first kappa shape index (κ1) is 31.1. The van der Waals surface area contributed by atoms with E-state index in [0.29, 0.717) is 48.5 Å². The summed E-state index contributed by atoms with van der Waals surface area (Å²) >= 11 is 0. The lowest BCUT2D eigenvalue weighted by Gasteiger charge is -2.33. The van der Waals surface area contributed by atoms with Crippen LogP contribution in [0.5, 0.6) is 0 Å². The molecule has 2 atom stereocenters. The smallest absolute Gasteiger partial charge is 0.345 e. The molecule has 4 rings (SSSR count). The largest absolute Gasteiger partial charge is 0.416 e. The van der Waals surface area contributed by atoms with E-state index in [2.05, 4.69) is 0 Å². The molecule has 0 aliphatic carbocycles. The van der Waals surface area contributed by atoms with Crippen LogP contribution < -0.4 is 4.90 Å². The number of urea groups is 1. The predicted octanol–water partition coefficient (Wildman–Crippen LogP) is 5.21. The minimum Gasteiger partial charge on any atom is -0.345 e. The van der Waals surface area contributed by atoms with Crippen molar-refractivity contribution in [1.82, 2.24) is 14.7 Å². The van der Waals surface area contributed by atoms with E-state index >= 15 is 0 Å². The zero-order valence-corrected chi connectivity index (χ0v) is 22.8. The fraction of sp³-hybridized carbons (Fsp3) is 0.464. The molecule has 228 valence electrons. The molecule has 2 aliphatic heterocycles. The van der Waals surface area contributed by atoms with Crippen molar-refractivity contribution in [3.05, 3.63) is 65.0 Å². The van der Waals surface area contributed by atoms with Gasteiger partial charge in [-0.2, -0.15) is 26.3 Å². The average Bonchev–Trinajstić information content (AvgIpc) is 3.40. The summed E-state index contributed by atoms with van der Waals surface area (Å²) in [6.45, 7) is 1.03. The van der Waals surface area contributed by atoms with Crippen molar-refractivity contribution in [2.45, 2.75) is 37.2 Å². The number of rotatable bonds is 5. The van der Waals surface area contributed by atoms with Gasteiger partial charge < -0.3 is 14.7 Å². The maximum atomic E-state index is 13.7. The maximum absolute atomic E-state index is 13.7. The van der Waals surface area contributed by atoms with Gasteiger partial charge in [-0.15, -0.1) is 0 Å². The molecule has 42 heavy (non-hydrogen) atoms. The molecule has 14 heteroatoms. The standard InChI is InChI=1S/C28H29F7N4O3/c1-36(22-12-19(27(30,31)32)11-20(13-22)28(33,34)35)26(42)37(2)24-15-39(14-23(24)17-3-5-21(29)6-4-17)25(41)18-7-9-38(16-40)10-8-18/h3-6,11-13,16,18,23-24H,7-10,14-15H2,1-2H3/t23-,24+/m0/s1. The number of likely N-dealkylation sites (N-methyl/N-ethyl adjacent to an activating group) is 1. The molecule has 0 unspecified atom stereocenters. The molecule has 2 aromatic carbocycles. The lowest BCUT2D eigenvalue weighted by molar-refractivity contribution is -0.143. The van der Waals surface area contributed by atoms with Gasteiger partial charge in [-0.1, -0.05) is 12.1 Å². The molecular weight excluding hydrogens is 573 g/mol. The van der Waals surface area contributed by atoms with Gasteiger partial charge >= 0.3 is 18.4 Å². The molecule has 0 radical (unpaired) electrons. The fourth-order valence-corrected chi connectivity index (χ4v) is 5.53. The van der Waals surface area contributed by atoms with E-state index < -0.39 is 53.0 Å². The molecule has 2 heterocycles. The third-order valence-corrected chi connectivity index (χ3v) is 7.97. The van der Waals surface area contributed by atoms with Gasteiger partial charge in [-0.3, -0.25) is 14.5 Å². The van der Waals surface area contributed by atoms with E-state index in [4.69, 9.17) is 0 Å². The van der Waals surface area contributed by atoms with Gasteiger partial charge in [0.25, 0.3) is 0 Å². The van der Waals surface area contributed by atoms with Crippen LogP contribution in [0.1, 0.15) is 35.4 Å². The van der Waals surface area contributed by atoms with Gasteiger partial charge in [0.2, 0.25) is 12.3 Å². The molecule has 0 aromatic heterocycles. The first-order valence-electron chi connectivity index (χ1n) is 13.1. The monoisotopic (exact) mass is 602 g/mol. The summed E-state index contributed by atoms with van der Waals surface area (Å²) < 4.78 is 94.2. The number of halogens is 7. The highest BCUT2D eigenvalue weighted by Crippen LogP contribution is 2.39. The summed E-state index contributed by atoms with van der Waals surface area (Å²) in [7, 11) is 2.43. The lowest BCUT2D eigenvalue weighted by Crippen LogP contribution is -2.48. The Labute approximate surface area is 237 Å². The van der Waals surface area contributed by atoms with E-state index in [9.17, 15) is 45.1 Å². The number of benzene rings is 2. The Bertz CT molecular complexity index is 1280. The van der Waals surface area contributed by atoms with Crippen LogP contribution in [-0.2, 0) is 21.9 Å². The van der Waals surface area contributed by atoms with Gasteiger partial charge in [0.15, 0.2) is 0 Å². The molecule has 0 N–H and O–H groups in total. The summed E-state index contributed by atoms with van der Waals surface area (Å²) in [5.41, 5.74) is -3.12. The lowest BCUT2D eigenvalue weighted by atomic mass is 9.93. The Morgan fingerprint density at radius 3 is 1.93 bits per heavy atom. The molecular formula is C28H29F7N4O3. The highest BCUT2D eigenvalue weighted by molar-refractivity contribution is 5.92. The molecule has 0 spiro atoms. The van der Waals surface area contributed by atoms with Crippen molar-refractivity contribution in [2.24, 2.45) is 5.92 Å². The molecule has 2 aliphatic rings. The number of hydrogen-bond acceptors (Lipinski definition) is 3. The van der Waals surface area contributed by atoms with Gasteiger partial charge in [-0.05, 0) is 48.7 Å². The number of amides is 4. The van der Waals surface area contributed by atoms with Crippen LogP contribution in [0.15, 0.2) is 42.5 Å². The fourth-order valence-electron chi connectivity index (χ4n) is 5.53. The van der Waals surface area contributed by atoms with Gasteiger partial charge in [0, 0.05) is 57.8 Å². The number of piperidine rings is 1. The Balaban J connectivity index is 1.61. The highest BCUT2D eigenvalue weighted by atomic mass is 19.4. The summed E-state index contributed by atoms with van der Waals surface area (Å²) in [5, 5.41) is 0. The van der Waals surface area contributed by atoms with Crippen molar-refractivity contribution in [3.63, 3.8) is 0 Å². The van der Waals surface area contributed by atoms with Crippen LogP contribution in [-0.4, -0.2) is 79.4 Å². The zero-order valence-electron chi connectivity index (χ0n) is 22.8. The number of hydrogen-bond donors (Lipinski definition) is 0.